The maximum Gasteiger partial charge on any atom is 0.459 e. The van der Waals surface area contributed by atoms with Crippen LogP contribution in [0.3, 0.4) is 0 Å². The van der Waals surface area contributed by atoms with E-state index in [9.17, 15) is 18.9 Å². The van der Waals surface area contributed by atoms with Crippen molar-refractivity contribution in [3.8, 4) is 5.75 Å². The van der Waals surface area contributed by atoms with Gasteiger partial charge in [0.05, 0.1) is 19.3 Å². The molecule has 1 aliphatic heterocycles. The number of hydrogen-bond acceptors (Lipinski definition) is 9. The van der Waals surface area contributed by atoms with Crippen molar-refractivity contribution in [1.82, 2.24) is 15.3 Å². The predicted molar refractivity (Wildman–Crippen MR) is 124 cm³/mol. The van der Waals surface area contributed by atoms with Crippen molar-refractivity contribution in [3.05, 3.63) is 42.6 Å². The summed E-state index contributed by atoms with van der Waals surface area (Å²) >= 11 is 0. The summed E-state index contributed by atoms with van der Waals surface area (Å²) in [5.41, 5.74) is 0. The number of hydrogen-bond donors (Lipinski definition) is 2. The summed E-state index contributed by atoms with van der Waals surface area (Å²) in [5, 5.41) is 4.57. The summed E-state index contributed by atoms with van der Waals surface area (Å²) in [7, 11) is -2.18. The Balaban J connectivity index is 1.91. The number of ether oxygens (including phenoxy) is 2. The Kier molecular flexibility index (Phi) is 11.8. The van der Waals surface area contributed by atoms with E-state index in [-0.39, 0.29) is 32.1 Å². The number of nitrogens with zero attached hydrogens (tertiary/aromatic N) is 1. The second kappa shape index (κ2) is 14.5. The molecule has 12 heteroatoms. The first-order chi connectivity index (χ1) is 16.3. The minimum absolute atomic E-state index is 0.0400. The number of carbonyl (C=O) groups is 3. The lowest BCUT2D eigenvalue weighted by Crippen LogP contribution is -2.30. The lowest BCUT2D eigenvalue weighted by Gasteiger charge is -2.24. The van der Waals surface area contributed by atoms with Gasteiger partial charge in [-0.15, -0.1) is 0 Å². The van der Waals surface area contributed by atoms with E-state index in [4.69, 9.17) is 18.5 Å². The Morgan fingerprint density at radius 2 is 2.03 bits per heavy atom. The highest BCUT2D eigenvalue weighted by Crippen LogP contribution is 2.44. The monoisotopic (exact) mass is 497 g/mol. The lowest BCUT2D eigenvalue weighted by molar-refractivity contribution is -0.142. The first kappa shape index (κ1) is 27.5. The normalized spacial score (nSPS) is 19.4. The molecule has 11 nitrogen and oxygen atoms in total. The van der Waals surface area contributed by atoms with E-state index in [1.54, 1.807) is 42.3 Å². The van der Waals surface area contributed by atoms with E-state index in [0.717, 1.165) is 12.8 Å². The molecule has 1 heterocycles. The number of esters is 1. The zero-order valence-corrected chi connectivity index (χ0v) is 20.3. The van der Waals surface area contributed by atoms with Crippen molar-refractivity contribution in [1.29, 1.82) is 0 Å². The van der Waals surface area contributed by atoms with Gasteiger partial charge in [0, 0.05) is 19.3 Å². The van der Waals surface area contributed by atoms with Crippen LogP contribution in [0.1, 0.15) is 32.6 Å². The van der Waals surface area contributed by atoms with E-state index in [0.29, 0.717) is 25.0 Å². The van der Waals surface area contributed by atoms with Crippen LogP contribution in [0.5, 0.6) is 5.75 Å². The molecule has 0 radical (unpaired) electrons. The van der Waals surface area contributed by atoms with Gasteiger partial charge in [0.25, 0.3) is 5.91 Å². The topological polar surface area (TPSA) is 132 Å². The number of imide groups is 1. The van der Waals surface area contributed by atoms with Gasteiger partial charge in [0.1, 0.15) is 18.5 Å². The van der Waals surface area contributed by atoms with Crippen LogP contribution in [0.25, 0.3) is 0 Å². The van der Waals surface area contributed by atoms with Crippen molar-refractivity contribution in [3.63, 3.8) is 0 Å². The molecule has 3 atom stereocenters. The summed E-state index contributed by atoms with van der Waals surface area (Å²) in [4.78, 5) is 35.3. The van der Waals surface area contributed by atoms with Crippen LogP contribution in [0.2, 0.25) is 0 Å². The van der Waals surface area contributed by atoms with E-state index in [1.807, 2.05) is 12.2 Å². The Morgan fingerprint density at radius 3 is 2.74 bits per heavy atom. The van der Waals surface area contributed by atoms with Gasteiger partial charge < -0.3 is 18.9 Å². The van der Waals surface area contributed by atoms with Crippen LogP contribution in [-0.2, 0) is 32.9 Å². The molecule has 0 aromatic heterocycles. The number of unbranched alkanes of at least 4 members (excludes halogenated alkanes) is 1. The van der Waals surface area contributed by atoms with Crippen molar-refractivity contribution in [2.24, 2.45) is 0 Å². The van der Waals surface area contributed by atoms with Crippen LogP contribution in [-0.4, -0.2) is 62.3 Å². The second-order valence-corrected chi connectivity index (χ2v) is 9.26. The van der Waals surface area contributed by atoms with Crippen LogP contribution in [0, 0.1) is 0 Å². The van der Waals surface area contributed by atoms with Gasteiger partial charge in [-0.1, -0.05) is 31.5 Å². The van der Waals surface area contributed by atoms with Crippen molar-refractivity contribution >= 4 is 26.0 Å². The van der Waals surface area contributed by atoms with E-state index in [2.05, 4.69) is 5.09 Å². The number of benzene rings is 1. The first-order valence-electron chi connectivity index (χ1n) is 11.0. The summed E-state index contributed by atoms with van der Waals surface area (Å²) < 4.78 is 35.5. The molecule has 1 saturated heterocycles. The summed E-state index contributed by atoms with van der Waals surface area (Å²) in [5.74, 6) is -0.780. The minimum atomic E-state index is -3.91. The molecule has 2 rings (SSSR count). The Bertz CT molecular complexity index is 867. The van der Waals surface area contributed by atoms with Crippen molar-refractivity contribution < 1.29 is 37.5 Å². The molecular formula is C22H32N3O8P. The van der Waals surface area contributed by atoms with Crippen molar-refractivity contribution in [2.75, 3.05) is 26.8 Å². The van der Waals surface area contributed by atoms with Gasteiger partial charge in [0.2, 0.25) is 6.41 Å². The third-order valence-electron chi connectivity index (χ3n) is 4.78. The average Bonchev–Trinajstić information content (AvgIpc) is 3.30. The van der Waals surface area contributed by atoms with Crippen LogP contribution >= 0.6 is 7.75 Å². The Hall–Kier alpha value is -2.72. The number of nitrogens with one attached hydrogen (secondary N) is 2. The van der Waals surface area contributed by atoms with Gasteiger partial charge in [-0.25, -0.2) is 9.65 Å². The smallest absolute Gasteiger partial charge is 0.459 e. The van der Waals surface area contributed by atoms with Gasteiger partial charge in [-0.2, -0.15) is 0 Å². The summed E-state index contributed by atoms with van der Waals surface area (Å²) in [6.45, 7) is 1.90. The fourth-order valence-corrected chi connectivity index (χ4v) is 4.24. The van der Waals surface area contributed by atoms with E-state index >= 15 is 0 Å². The molecule has 1 aromatic rings. The lowest BCUT2D eigenvalue weighted by atomic mass is 10.2. The number of rotatable bonds is 15. The molecule has 1 aromatic carbocycles. The molecule has 3 unspecified atom stereocenters. The Morgan fingerprint density at radius 1 is 1.26 bits per heavy atom. The fourth-order valence-electron chi connectivity index (χ4n) is 2.94. The highest BCUT2D eigenvalue weighted by atomic mass is 31.2. The highest BCUT2D eigenvalue weighted by Gasteiger charge is 2.33. The first-order valence-corrected chi connectivity index (χ1v) is 12.6. The SMILES string of the molecule is CCCCOC(=O)CNP(=O)(OCC1CCC(N(C)/C=C\C(=O)NC=O)O1)Oc1ccccc1. The molecule has 34 heavy (non-hydrogen) atoms. The minimum Gasteiger partial charge on any atom is -0.465 e. The Labute approximate surface area is 199 Å². The average molecular weight is 497 g/mol. The maximum absolute atomic E-state index is 13.3. The molecular weight excluding hydrogens is 465 g/mol. The van der Waals surface area contributed by atoms with Gasteiger partial charge >= 0.3 is 13.7 Å². The zero-order chi connectivity index (χ0) is 24.8. The van der Waals surface area contributed by atoms with Gasteiger partial charge in [-0.3, -0.25) is 24.2 Å². The van der Waals surface area contributed by atoms with E-state index < -0.39 is 19.6 Å². The maximum atomic E-state index is 13.3. The molecule has 188 valence electrons. The highest BCUT2D eigenvalue weighted by molar-refractivity contribution is 7.52. The molecule has 0 saturated carbocycles. The van der Waals surface area contributed by atoms with Gasteiger partial charge in [0.15, 0.2) is 0 Å². The number of amides is 2. The number of carbonyl (C=O) groups excluding carboxylic acids is 3. The molecule has 2 amide bonds. The zero-order valence-electron chi connectivity index (χ0n) is 19.4. The quantitative estimate of drug-likeness (QED) is 0.122. The largest absolute Gasteiger partial charge is 0.465 e. The number of para-hydroxylation sites is 1. The van der Waals surface area contributed by atoms with Crippen LogP contribution in [0.4, 0.5) is 0 Å². The van der Waals surface area contributed by atoms with Crippen molar-refractivity contribution in [2.45, 2.75) is 44.9 Å². The molecule has 0 spiro atoms. The standard InChI is InChI=1S/C22H32N3O8P/c1-3-4-14-30-22(28)15-24-34(29,33-18-8-6-5-7-9-18)31-16-19-10-11-21(32-19)25(2)13-12-20(27)23-17-26/h5-9,12-13,17,19,21H,3-4,10-11,14-16H2,1-2H3,(H,24,29)(H,23,26,27)/b13-12-. The molecule has 2 N–H and O–H groups in total. The van der Waals surface area contributed by atoms with Crippen LogP contribution in [0.15, 0.2) is 42.6 Å². The van der Waals surface area contributed by atoms with Crippen LogP contribution < -0.4 is 14.9 Å². The van der Waals surface area contributed by atoms with Gasteiger partial charge in [-0.05, 0) is 31.4 Å². The summed E-state index contributed by atoms with van der Waals surface area (Å²) in [6, 6.07) is 8.49. The fraction of sp³-hybridized carbons (Fsp3) is 0.500. The summed E-state index contributed by atoms with van der Waals surface area (Å²) in [6.07, 6.45) is 5.21. The predicted octanol–water partition coefficient (Wildman–Crippen LogP) is 2.35. The molecule has 0 aliphatic carbocycles. The molecule has 0 bridgehead atoms. The molecule has 1 aliphatic rings. The molecule has 1 fully saturated rings. The third kappa shape index (κ3) is 10.0. The van der Waals surface area contributed by atoms with E-state index in [1.165, 1.54) is 12.3 Å². The second-order valence-electron chi connectivity index (χ2n) is 7.50. The third-order valence-corrected chi connectivity index (χ3v) is 6.26.